The SMILES string of the molecule is O=C(O)C1CCCN1C(c1ccccc1Br)c1ccccc1C(F)(F)F. The zero-order valence-corrected chi connectivity index (χ0v) is 15.3. The second-order valence-electron chi connectivity index (χ2n) is 6.24. The lowest BCUT2D eigenvalue weighted by atomic mass is 9.92. The number of carbonyl (C=O) groups is 1. The summed E-state index contributed by atoms with van der Waals surface area (Å²) in [6.07, 6.45) is -3.47. The molecule has 0 aliphatic carbocycles. The van der Waals surface area contributed by atoms with E-state index in [-0.39, 0.29) is 5.56 Å². The van der Waals surface area contributed by atoms with Crippen LogP contribution in [0.3, 0.4) is 0 Å². The molecule has 2 unspecified atom stereocenters. The first-order valence-electron chi connectivity index (χ1n) is 8.20. The van der Waals surface area contributed by atoms with Gasteiger partial charge in [0.15, 0.2) is 0 Å². The third-order valence-corrected chi connectivity index (χ3v) is 5.39. The molecule has 0 amide bonds. The number of alkyl halides is 3. The van der Waals surface area contributed by atoms with Crippen LogP contribution in [0.15, 0.2) is 53.0 Å². The first-order chi connectivity index (χ1) is 12.3. The largest absolute Gasteiger partial charge is 0.480 e. The molecule has 2 aromatic carbocycles. The minimum atomic E-state index is -4.52. The Labute approximate surface area is 157 Å². The molecule has 1 saturated heterocycles. The summed E-state index contributed by atoms with van der Waals surface area (Å²) in [5, 5.41) is 9.55. The monoisotopic (exact) mass is 427 g/mol. The van der Waals surface area contributed by atoms with Gasteiger partial charge in [0.1, 0.15) is 6.04 Å². The van der Waals surface area contributed by atoms with Crippen molar-refractivity contribution >= 4 is 21.9 Å². The highest BCUT2D eigenvalue weighted by atomic mass is 79.9. The zero-order chi connectivity index (χ0) is 18.9. The van der Waals surface area contributed by atoms with E-state index in [2.05, 4.69) is 15.9 Å². The minimum absolute atomic E-state index is 0.0695. The molecule has 1 N–H and O–H groups in total. The van der Waals surface area contributed by atoms with Crippen LogP contribution in [0.1, 0.15) is 35.6 Å². The van der Waals surface area contributed by atoms with Crippen molar-refractivity contribution in [2.24, 2.45) is 0 Å². The van der Waals surface area contributed by atoms with Crippen LogP contribution in [0.5, 0.6) is 0 Å². The minimum Gasteiger partial charge on any atom is -0.480 e. The van der Waals surface area contributed by atoms with Gasteiger partial charge in [-0.3, -0.25) is 9.69 Å². The van der Waals surface area contributed by atoms with Crippen LogP contribution in [0.4, 0.5) is 13.2 Å². The van der Waals surface area contributed by atoms with Crippen molar-refractivity contribution in [2.75, 3.05) is 6.54 Å². The number of hydrogen-bond acceptors (Lipinski definition) is 2. The van der Waals surface area contributed by atoms with E-state index in [1.807, 2.05) is 0 Å². The van der Waals surface area contributed by atoms with E-state index in [1.165, 1.54) is 12.1 Å². The molecule has 2 atom stereocenters. The lowest BCUT2D eigenvalue weighted by molar-refractivity contribution is -0.143. The van der Waals surface area contributed by atoms with Gasteiger partial charge in [0.25, 0.3) is 0 Å². The standard InChI is InChI=1S/C19H17BrF3NO2/c20-15-9-4-2-7-13(15)17(24-11-5-10-16(24)18(25)26)12-6-1-3-8-14(12)19(21,22)23/h1-4,6-9,16-17H,5,10-11H2,(H,25,26). The highest BCUT2D eigenvalue weighted by Gasteiger charge is 2.41. The third-order valence-electron chi connectivity index (χ3n) is 4.67. The number of nitrogens with zero attached hydrogens (tertiary/aromatic N) is 1. The van der Waals surface area contributed by atoms with Gasteiger partial charge in [-0.25, -0.2) is 0 Å². The maximum atomic E-state index is 13.6. The summed E-state index contributed by atoms with van der Waals surface area (Å²) >= 11 is 3.42. The predicted octanol–water partition coefficient (Wildman–Crippen LogP) is 5.11. The quantitative estimate of drug-likeness (QED) is 0.736. The van der Waals surface area contributed by atoms with E-state index in [0.717, 1.165) is 6.07 Å². The molecule has 138 valence electrons. The van der Waals surface area contributed by atoms with Crippen LogP contribution in [0, 0.1) is 0 Å². The molecule has 2 aromatic rings. The summed E-state index contributed by atoms with van der Waals surface area (Å²) < 4.78 is 41.5. The highest BCUT2D eigenvalue weighted by Crippen LogP contribution is 2.43. The first kappa shape index (κ1) is 18.9. The summed E-state index contributed by atoms with van der Waals surface area (Å²) in [7, 11) is 0. The fraction of sp³-hybridized carbons (Fsp3) is 0.316. The molecule has 0 saturated carbocycles. The Balaban J connectivity index is 2.20. The Morgan fingerprint density at radius 2 is 1.73 bits per heavy atom. The molecular weight excluding hydrogens is 411 g/mol. The number of rotatable bonds is 4. The highest BCUT2D eigenvalue weighted by molar-refractivity contribution is 9.10. The van der Waals surface area contributed by atoms with Crippen molar-refractivity contribution in [3.05, 3.63) is 69.7 Å². The summed E-state index contributed by atoms with van der Waals surface area (Å²) in [5.41, 5.74) is -0.0470. The molecule has 3 nitrogen and oxygen atoms in total. The third kappa shape index (κ3) is 3.64. The lowest BCUT2D eigenvalue weighted by Gasteiger charge is -2.34. The van der Waals surface area contributed by atoms with Crippen LogP contribution >= 0.6 is 15.9 Å². The maximum Gasteiger partial charge on any atom is 0.416 e. The summed E-state index contributed by atoms with van der Waals surface area (Å²) in [5.74, 6) is -1.01. The van der Waals surface area contributed by atoms with Gasteiger partial charge < -0.3 is 5.11 Å². The van der Waals surface area contributed by atoms with Gasteiger partial charge in [0.2, 0.25) is 0 Å². The number of aliphatic carboxylic acids is 1. The van der Waals surface area contributed by atoms with Crippen molar-refractivity contribution in [1.82, 2.24) is 4.90 Å². The molecule has 1 aliphatic rings. The van der Waals surface area contributed by atoms with Gasteiger partial charge in [-0.15, -0.1) is 0 Å². The van der Waals surface area contributed by atoms with Crippen LogP contribution in [-0.4, -0.2) is 28.6 Å². The van der Waals surface area contributed by atoms with Gasteiger partial charge >= 0.3 is 12.1 Å². The Morgan fingerprint density at radius 3 is 2.35 bits per heavy atom. The number of likely N-dealkylation sites (tertiary alicyclic amines) is 1. The van der Waals surface area contributed by atoms with E-state index in [4.69, 9.17) is 0 Å². The van der Waals surface area contributed by atoms with Crippen LogP contribution in [0.25, 0.3) is 0 Å². The topological polar surface area (TPSA) is 40.5 Å². The molecule has 1 fully saturated rings. The van der Waals surface area contributed by atoms with Crippen LogP contribution in [-0.2, 0) is 11.0 Å². The zero-order valence-electron chi connectivity index (χ0n) is 13.7. The molecule has 0 spiro atoms. The van der Waals surface area contributed by atoms with E-state index < -0.39 is 29.8 Å². The van der Waals surface area contributed by atoms with Gasteiger partial charge in [0, 0.05) is 11.0 Å². The smallest absolute Gasteiger partial charge is 0.416 e. The average molecular weight is 428 g/mol. The van der Waals surface area contributed by atoms with Crippen molar-refractivity contribution in [3.63, 3.8) is 0 Å². The molecule has 0 aromatic heterocycles. The Hall–Kier alpha value is -1.86. The normalized spacial score (nSPS) is 19.5. The van der Waals surface area contributed by atoms with E-state index in [0.29, 0.717) is 29.4 Å². The Kier molecular flexibility index (Phi) is 5.39. The molecule has 7 heteroatoms. The van der Waals surface area contributed by atoms with Crippen molar-refractivity contribution in [3.8, 4) is 0 Å². The molecule has 1 aliphatic heterocycles. The molecule has 1 heterocycles. The van der Waals surface area contributed by atoms with E-state index >= 15 is 0 Å². The molecular formula is C19H17BrF3NO2. The van der Waals surface area contributed by atoms with Gasteiger partial charge in [-0.05, 0) is 36.1 Å². The molecule has 26 heavy (non-hydrogen) atoms. The van der Waals surface area contributed by atoms with Gasteiger partial charge in [-0.2, -0.15) is 13.2 Å². The fourth-order valence-corrected chi connectivity index (χ4v) is 4.08. The maximum absolute atomic E-state index is 13.6. The second-order valence-corrected chi connectivity index (χ2v) is 7.10. The van der Waals surface area contributed by atoms with Crippen molar-refractivity contribution < 1.29 is 23.1 Å². The summed E-state index contributed by atoms with van der Waals surface area (Å²) in [6, 6.07) is 10.8. The van der Waals surface area contributed by atoms with Gasteiger partial charge in [0.05, 0.1) is 11.6 Å². The van der Waals surface area contributed by atoms with Gasteiger partial charge in [-0.1, -0.05) is 52.3 Å². The van der Waals surface area contributed by atoms with Crippen LogP contribution < -0.4 is 0 Å². The molecule has 3 rings (SSSR count). The van der Waals surface area contributed by atoms with Crippen molar-refractivity contribution in [1.29, 1.82) is 0 Å². The second kappa shape index (κ2) is 7.40. The number of carboxylic acids is 1. The number of benzene rings is 2. The molecule has 0 radical (unpaired) electrons. The first-order valence-corrected chi connectivity index (χ1v) is 8.99. The Bertz CT molecular complexity index is 809. The number of carboxylic acid groups (broad SMARTS) is 1. The van der Waals surface area contributed by atoms with E-state index in [1.54, 1.807) is 35.2 Å². The summed E-state index contributed by atoms with van der Waals surface area (Å²) in [6.45, 7) is 0.426. The van der Waals surface area contributed by atoms with Crippen molar-refractivity contribution in [2.45, 2.75) is 31.1 Å². The van der Waals surface area contributed by atoms with E-state index in [9.17, 15) is 23.1 Å². The lowest BCUT2D eigenvalue weighted by Crippen LogP contribution is -2.40. The van der Waals surface area contributed by atoms with Crippen LogP contribution in [0.2, 0.25) is 0 Å². The number of halogens is 4. The average Bonchev–Trinajstić information content (AvgIpc) is 3.06. The fourth-order valence-electron chi connectivity index (χ4n) is 3.58. The summed E-state index contributed by atoms with van der Waals surface area (Å²) in [4.78, 5) is 13.3. The molecule has 0 bridgehead atoms. The number of hydrogen-bond donors (Lipinski definition) is 1. The predicted molar refractivity (Wildman–Crippen MR) is 94.8 cm³/mol. The Morgan fingerprint density at radius 1 is 1.12 bits per heavy atom.